The van der Waals surface area contributed by atoms with Crippen molar-refractivity contribution in [2.45, 2.75) is 31.2 Å². The largest absolute Gasteiger partial charge is 0.352 e. The van der Waals surface area contributed by atoms with Gasteiger partial charge in [0.2, 0.25) is 5.91 Å². The summed E-state index contributed by atoms with van der Waals surface area (Å²) in [6.45, 7) is 1.68. The molecule has 1 aliphatic rings. The molecule has 0 aliphatic heterocycles. The average molecular weight is 148 g/mol. The van der Waals surface area contributed by atoms with E-state index in [-0.39, 0.29) is 11.3 Å². The van der Waals surface area contributed by atoms with Gasteiger partial charge in [-0.2, -0.15) is 0 Å². The lowest BCUT2D eigenvalue weighted by Crippen LogP contribution is -2.31. The van der Waals surface area contributed by atoms with Crippen LogP contribution in [0.25, 0.3) is 0 Å². The summed E-state index contributed by atoms with van der Waals surface area (Å²) < 4.78 is 0. The first kappa shape index (κ1) is 6.87. The van der Waals surface area contributed by atoms with Crippen LogP contribution >= 0.6 is 11.6 Å². The Labute approximate surface area is 59.6 Å². The molecule has 0 aromatic heterocycles. The maximum absolute atomic E-state index is 10.8. The second kappa shape index (κ2) is 2.56. The fourth-order valence-electron chi connectivity index (χ4n) is 0.544. The van der Waals surface area contributed by atoms with Crippen molar-refractivity contribution < 1.29 is 4.79 Å². The molecule has 0 unspecified atom stereocenters. The predicted molar refractivity (Wildman–Crippen MR) is 36.5 cm³/mol. The number of amides is 1. The van der Waals surface area contributed by atoms with Gasteiger partial charge in [0, 0.05) is 6.04 Å². The van der Waals surface area contributed by atoms with Crippen LogP contribution in [0.4, 0.5) is 0 Å². The Balaban J connectivity index is 2.17. The number of halogens is 1. The fourth-order valence-corrected chi connectivity index (χ4v) is 0.607. The number of carbonyl (C=O) groups excluding carboxylic acids is 1. The van der Waals surface area contributed by atoms with Gasteiger partial charge in [-0.25, -0.2) is 0 Å². The summed E-state index contributed by atoms with van der Waals surface area (Å²) in [5, 5.41) is 2.40. The number of carbonyl (C=O) groups is 1. The average Bonchev–Trinajstić information content (AvgIpc) is 2.50. The summed E-state index contributed by atoms with van der Waals surface area (Å²) in [4.78, 5) is 10.8. The lowest BCUT2D eigenvalue weighted by atomic mass is 10.4. The van der Waals surface area contributed by atoms with E-state index in [4.69, 9.17) is 11.6 Å². The molecule has 2 nitrogen and oxygen atoms in total. The van der Waals surface area contributed by atoms with E-state index < -0.39 is 0 Å². The minimum atomic E-state index is -0.384. The van der Waals surface area contributed by atoms with Crippen molar-refractivity contribution in [1.82, 2.24) is 5.32 Å². The topological polar surface area (TPSA) is 29.1 Å². The lowest BCUT2D eigenvalue weighted by molar-refractivity contribution is -0.120. The van der Waals surface area contributed by atoms with Gasteiger partial charge in [-0.1, -0.05) is 0 Å². The molecule has 3 heteroatoms. The second-order valence-corrected chi connectivity index (χ2v) is 3.05. The highest BCUT2D eigenvalue weighted by molar-refractivity contribution is 6.30. The first-order valence-electron chi connectivity index (χ1n) is 3.14. The zero-order valence-corrected chi connectivity index (χ0v) is 6.11. The third-order valence-electron chi connectivity index (χ3n) is 1.29. The summed E-state index contributed by atoms with van der Waals surface area (Å²) >= 11 is 5.49. The van der Waals surface area contributed by atoms with E-state index in [1.54, 1.807) is 6.92 Å². The van der Waals surface area contributed by atoms with Crippen molar-refractivity contribution in [3.8, 4) is 0 Å². The molecule has 52 valence electrons. The highest BCUT2D eigenvalue weighted by Crippen LogP contribution is 2.18. The van der Waals surface area contributed by atoms with Crippen molar-refractivity contribution >= 4 is 17.5 Å². The molecule has 1 atom stereocenters. The Morgan fingerprint density at radius 2 is 2.33 bits per heavy atom. The van der Waals surface area contributed by atoms with Gasteiger partial charge < -0.3 is 5.32 Å². The lowest BCUT2D eigenvalue weighted by Gasteiger charge is -2.02. The first-order valence-corrected chi connectivity index (χ1v) is 3.58. The predicted octanol–water partition coefficient (Wildman–Crippen LogP) is 0.892. The van der Waals surface area contributed by atoms with E-state index in [0.717, 1.165) is 12.8 Å². The van der Waals surface area contributed by atoms with Gasteiger partial charge in [0.15, 0.2) is 0 Å². The number of nitrogens with one attached hydrogen (secondary N) is 1. The fraction of sp³-hybridized carbons (Fsp3) is 0.833. The molecule has 1 amide bonds. The number of hydrogen-bond donors (Lipinski definition) is 1. The quantitative estimate of drug-likeness (QED) is 0.578. The zero-order valence-electron chi connectivity index (χ0n) is 5.36. The Morgan fingerprint density at radius 1 is 1.78 bits per heavy atom. The van der Waals surface area contributed by atoms with Crippen molar-refractivity contribution in [2.24, 2.45) is 0 Å². The molecule has 1 aliphatic carbocycles. The Kier molecular flexibility index (Phi) is 1.96. The van der Waals surface area contributed by atoms with Crippen molar-refractivity contribution in [3.05, 3.63) is 0 Å². The molecule has 1 N–H and O–H groups in total. The normalized spacial score (nSPS) is 21.1. The van der Waals surface area contributed by atoms with Crippen LogP contribution in [-0.2, 0) is 4.79 Å². The van der Waals surface area contributed by atoms with Crippen LogP contribution in [0.5, 0.6) is 0 Å². The molecular formula is C6H10ClNO. The monoisotopic (exact) mass is 147 g/mol. The summed E-state index contributed by atoms with van der Waals surface area (Å²) in [5.41, 5.74) is 0. The highest BCUT2D eigenvalue weighted by Gasteiger charge is 2.24. The minimum absolute atomic E-state index is 0.0424. The van der Waals surface area contributed by atoms with E-state index in [1.165, 1.54) is 0 Å². The number of alkyl halides is 1. The molecule has 0 bridgehead atoms. The van der Waals surface area contributed by atoms with E-state index in [9.17, 15) is 4.79 Å². The van der Waals surface area contributed by atoms with Gasteiger partial charge in [0.25, 0.3) is 0 Å². The van der Waals surface area contributed by atoms with E-state index in [0.29, 0.717) is 6.04 Å². The zero-order chi connectivity index (χ0) is 6.85. The summed E-state index contributed by atoms with van der Waals surface area (Å²) in [6.07, 6.45) is 2.24. The summed E-state index contributed by atoms with van der Waals surface area (Å²) in [5.74, 6) is -0.0424. The smallest absolute Gasteiger partial charge is 0.237 e. The van der Waals surface area contributed by atoms with Crippen molar-refractivity contribution in [3.63, 3.8) is 0 Å². The molecule has 0 spiro atoms. The molecule has 1 saturated carbocycles. The second-order valence-electron chi connectivity index (χ2n) is 2.40. The molecule has 0 aromatic carbocycles. The van der Waals surface area contributed by atoms with Gasteiger partial charge >= 0.3 is 0 Å². The molecular weight excluding hydrogens is 138 g/mol. The van der Waals surface area contributed by atoms with E-state index in [2.05, 4.69) is 5.32 Å². The maximum atomic E-state index is 10.8. The van der Waals surface area contributed by atoms with Gasteiger partial charge in [0.1, 0.15) is 5.38 Å². The van der Waals surface area contributed by atoms with Crippen molar-refractivity contribution in [1.29, 1.82) is 0 Å². The third-order valence-corrected chi connectivity index (χ3v) is 1.48. The van der Waals surface area contributed by atoms with Crippen LogP contribution < -0.4 is 5.32 Å². The number of hydrogen-bond acceptors (Lipinski definition) is 1. The van der Waals surface area contributed by atoms with Gasteiger partial charge in [-0.15, -0.1) is 11.6 Å². The van der Waals surface area contributed by atoms with Gasteiger partial charge in [0.05, 0.1) is 0 Å². The van der Waals surface area contributed by atoms with E-state index in [1.807, 2.05) is 0 Å². The highest BCUT2D eigenvalue weighted by atomic mass is 35.5. The third kappa shape index (κ3) is 2.22. The van der Waals surface area contributed by atoms with E-state index >= 15 is 0 Å². The van der Waals surface area contributed by atoms with Gasteiger partial charge in [-0.05, 0) is 19.8 Å². The van der Waals surface area contributed by atoms with Crippen LogP contribution in [0.2, 0.25) is 0 Å². The molecule has 0 aromatic rings. The Hall–Kier alpha value is -0.240. The van der Waals surface area contributed by atoms with Crippen LogP contribution in [0.3, 0.4) is 0 Å². The molecule has 0 heterocycles. The van der Waals surface area contributed by atoms with Crippen LogP contribution in [0.15, 0.2) is 0 Å². The molecule has 1 fully saturated rings. The Bertz CT molecular complexity index is 120. The minimum Gasteiger partial charge on any atom is -0.352 e. The molecule has 0 radical (unpaired) electrons. The van der Waals surface area contributed by atoms with Crippen LogP contribution in [0.1, 0.15) is 19.8 Å². The summed E-state index contributed by atoms with van der Waals surface area (Å²) in [7, 11) is 0. The first-order chi connectivity index (χ1) is 4.20. The van der Waals surface area contributed by atoms with Crippen LogP contribution in [-0.4, -0.2) is 17.3 Å². The maximum Gasteiger partial charge on any atom is 0.237 e. The summed E-state index contributed by atoms with van der Waals surface area (Å²) in [6, 6.07) is 0.429. The van der Waals surface area contributed by atoms with Crippen molar-refractivity contribution in [2.75, 3.05) is 0 Å². The van der Waals surface area contributed by atoms with Crippen LogP contribution in [0, 0.1) is 0 Å². The molecule has 0 saturated heterocycles. The number of rotatable bonds is 2. The SMILES string of the molecule is C[C@H](Cl)C(=O)NC1CC1. The van der Waals surface area contributed by atoms with Gasteiger partial charge in [-0.3, -0.25) is 4.79 Å². The Morgan fingerprint density at radius 3 is 2.67 bits per heavy atom. The standard InChI is InChI=1S/C6H10ClNO/c1-4(7)6(9)8-5-2-3-5/h4-5H,2-3H2,1H3,(H,8,9)/t4-/m0/s1. The molecule has 1 rings (SSSR count). The molecule has 9 heavy (non-hydrogen) atoms.